The quantitative estimate of drug-likeness (QED) is 0.700. The average Bonchev–Trinajstić information content (AvgIpc) is 2.67. The van der Waals surface area contributed by atoms with Crippen molar-refractivity contribution in [3.05, 3.63) is 24.2 Å². The molecule has 1 aromatic heterocycles. The van der Waals surface area contributed by atoms with Gasteiger partial charge in [-0.05, 0) is 18.6 Å². The Kier molecular flexibility index (Phi) is 2.85. The maximum atomic E-state index is 11.8. The molecule has 0 bridgehead atoms. The van der Waals surface area contributed by atoms with Crippen LogP contribution in [0.15, 0.2) is 22.8 Å². The standard InChI is InChI=1S/C11H13NO3/c13-9-3-1-6-12(7-5-9)11(14)10-4-2-8-15-10/h2,4,8H,1,3,5-7H2. The Morgan fingerprint density at radius 1 is 1.33 bits per heavy atom. The maximum Gasteiger partial charge on any atom is 0.289 e. The summed E-state index contributed by atoms with van der Waals surface area (Å²) < 4.78 is 5.04. The van der Waals surface area contributed by atoms with E-state index in [9.17, 15) is 9.59 Å². The van der Waals surface area contributed by atoms with Crippen LogP contribution in [0.5, 0.6) is 0 Å². The second-order valence-corrected chi connectivity index (χ2v) is 3.66. The number of hydrogen-bond donors (Lipinski definition) is 0. The first kappa shape index (κ1) is 9.96. The molecule has 4 nitrogen and oxygen atoms in total. The topological polar surface area (TPSA) is 50.5 Å². The first-order valence-corrected chi connectivity index (χ1v) is 5.12. The fourth-order valence-electron chi connectivity index (χ4n) is 1.72. The third kappa shape index (κ3) is 2.26. The molecular formula is C11H13NO3. The summed E-state index contributed by atoms with van der Waals surface area (Å²) >= 11 is 0. The van der Waals surface area contributed by atoms with Crippen molar-refractivity contribution in [3.8, 4) is 0 Å². The van der Waals surface area contributed by atoms with Gasteiger partial charge in [0.15, 0.2) is 5.76 Å². The van der Waals surface area contributed by atoms with Crippen molar-refractivity contribution in [1.29, 1.82) is 0 Å². The highest BCUT2D eigenvalue weighted by molar-refractivity contribution is 5.92. The molecule has 1 aliphatic rings. The van der Waals surface area contributed by atoms with Crippen LogP contribution >= 0.6 is 0 Å². The molecular weight excluding hydrogens is 194 g/mol. The summed E-state index contributed by atoms with van der Waals surface area (Å²) in [7, 11) is 0. The van der Waals surface area contributed by atoms with E-state index in [-0.39, 0.29) is 11.7 Å². The number of amides is 1. The molecule has 0 aromatic carbocycles. The molecule has 0 unspecified atom stereocenters. The molecule has 0 radical (unpaired) electrons. The van der Waals surface area contributed by atoms with Gasteiger partial charge in [0, 0.05) is 25.9 Å². The van der Waals surface area contributed by atoms with Crippen LogP contribution in [0.4, 0.5) is 0 Å². The van der Waals surface area contributed by atoms with Crippen molar-refractivity contribution in [2.45, 2.75) is 19.3 Å². The third-order valence-electron chi connectivity index (χ3n) is 2.56. The number of carbonyl (C=O) groups is 2. The molecule has 0 saturated carbocycles. The fourth-order valence-corrected chi connectivity index (χ4v) is 1.72. The van der Waals surface area contributed by atoms with E-state index >= 15 is 0 Å². The molecule has 1 fully saturated rings. The van der Waals surface area contributed by atoms with Gasteiger partial charge in [-0.15, -0.1) is 0 Å². The van der Waals surface area contributed by atoms with Crippen LogP contribution in [0.2, 0.25) is 0 Å². The van der Waals surface area contributed by atoms with Crippen molar-refractivity contribution >= 4 is 11.7 Å². The second-order valence-electron chi connectivity index (χ2n) is 3.66. The number of likely N-dealkylation sites (tertiary alicyclic amines) is 1. The number of rotatable bonds is 1. The van der Waals surface area contributed by atoms with Gasteiger partial charge >= 0.3 is 0 Å². The molecule has 0 spiro atoms. The van der Waals surface area contributed by atoms with Gasteiger partial charge in [0.1, 0.15) is 5.78 Å². The summed E-state index contributed by atoms with van der Waals surface area (Å²) in [5, 5.41) is 0. The summed E-state index contributed by atoms with van der Waals surface area (Å²) in [6.45, 7) is 1.16. The zero-order valence-corrected chi connectivity index (χ0v) is 8.44. The summed E-state index contributed by atoms with van der Waals surface area (Å²) in [4.78, 5) is 24.7. The molecule has 1 aliphatic heterocycles. The zero-order valence-electron chi connectivity index (χ0n) is 8.44. The molecule has 2 rings (SSSR count). The van der Waals surface area contributed by atoms with Crippen molar-refractivity contribution in [1.82, 2.24) is 4.90 Å². The first-order chi connectivity index (χ1) is 7.27. The fraction of sp³-hybridized carbons (Fsp3) is 0.455. The zero-order chi connectivity index (χ0) is 10.7. The van der Waals surface area contributed by atoms with Crippen LogP contribution in [-0.2, 0) is 4.79 Å². The predicted octanol–water partition coefficient (Wildman–Crippen LogP) is 1.47. The van der Waals surface area contributed by atoms with Crippen LogP contribution in [0.25, 0.3) is 0 Å². The average molecular weight is 207 g/mol. The lowest BCUT2D eigenvalue weighted by Crippen LogP contribution is -2.31. The van der Waals surface area contributed by atoms with Crippen molar-refractivity contribution < 1.29 is 14.0 Å². The van der Waals surface area contributed by atoms with E-state index < -0.39 is 0 Å². The predicted molar refractivity (Wildman–Crippen MR) is 53.5 cm³/mol. The highest BCUT2D eigenvalue weighted by Crippen LogP contribution is 2.11. The van der Waals surface area contributed by atoms with Gasteiger partial charge < -0.3 is 9.32 Å². The number of Topliss-reactive ketones (excluding diaryl/α,β-unsaturated/α-hetero) is 1. The Morgan fingerprint density at radius 3 is 2.93 bits per heavy atom. The minimum absolute atomic E-state index is 0.116. The molecule has 0 N–H and O–H groups in total. The van der Waals surface area contributed by atoms with Gasteiger partial charge in [0.25, 0.3) is 5.91 Å². The highest BCUT2D eigenvalue weighted by atomic mass is 16.3. The van der Waals surface area contributed by atoms with E-state index in [2.05, 4.69) is 0 Å². The van der Waals surface area contributed by atoms with Crippen molar-refractivity contribution in [2.75, 3.05) is 13.1 Å². The number of ketones is 1. The maximum absolute atomic E-state index is 11.8. The molecule has 15 heavy (non-hydrogen) atoms. The van der Waals surface area contributed by atoms with E-state index in [1.807, 2.05) is 0 Å². The molecule has 0 atom stereocenters. The lowest BCUT2D eigenvalue weighted by atomic mass is 10.2. The van der Waals surface area contributed by atoms with Gasteiger partial charge in [-0.1, -0.05) is 0 Å². The lowest BCUT2D eigenvalue weighted by molar-refractivity contribution is -0.118. The first-order valence-electron chi connectivity index (χ1n) is 5.12. The summed E-state index contributed by atoms with van der Waals surface area (Å²) in [6, 6.07) is 3.34. The Hall–Kier alpha value is -1.58. The van der Waals surface area contributed by atoms with Gasteiger partial charge in [-0.2, -0.15) is 0 Å². The minimum Gasteiger partial charge on any atom is -0.459 e. The molecule has 2 heterocycles. The van der Waals surface area contributed by atoms with Crippen molar-refractivity contribution in [2.24, 2.45) is 0 Å². The second kappa shape index (κ2) is 4.29. The van der Waals surface area contributed by atoms with Crippen LogP contribution in [0, 0.1) is 0 Å². The van der Waals surface area contributed by atoms with Gasteiger partial charge in [0.2, 0.25) is 0 Å². The molecule has 4 heteroatoms. The lowest BCUT2D eigenvalue weighted by Gasteiger charge is -2.18. The van der Waals surface area contributed by atoms with E-state index in [0.29, 0.717) is 31.7 Å². The van der Waals surface area contributed by atoms with Crippen molar-refractivity contribution in [3.63, 3.8) is 0 Å². The molecule has 1 aromatic rings. The Morgan fingerprint density at radius 2 is 2.20 bits per heavy atom. The molecule has 80 valence electrons. The Labute approximate surface area is 87.9 Å². The van der Waals surface area contributed by atoms with Crippen LogP contribution in [0.1, 0.15) is 29.8 Å². The molecule has 1 amide bonds. The van der Waals surface area contributed by atoms with E-state index in [1.165, 1.54) is 6.26 Å². The monoisotopic (exact) mass is 207 g/mol. The van der Waals surface area contributed by atoms with E-state index in [4.69, 9.17) is 4.42 Å². The van der Waals surface area contributed by atoms with E-state index in [0.717, 1.165) is 6.42 Å². The van der Waals surface area contributed by atoms with Crippen LogP contribution < -0.4 is 0 Å². The Balaban J connectivity index is 2.04. The molecule has 0 aliphatic carbocycles. The van der Waals surface area contributed by atoms with Gasteiger partial charge in [-0.3, -0.25) is 9.59 Å². The van der Waals surface area contributed by atoms with E-state index in [1.54, 1.807) is 17.0 Å². The highest BCUT2D eigenvalue weighted by Gasteiger charge is 2.21. The SMILES string of the molecule is O=C1CCCN(C(=O)c2ccco2)CC1. The Bertz CT molecular complexity index is 356. The smallest absolute Gasteiger partial charge is 0.289 e. The van der Waals surface area contributed by atoms with Gasteiger partial charge in [-0.25, -0.2) is 0 Å². The van der Waals surface area contributed by atoms with Crippen LogP contribution in [-0.4, -0.2) is 29.7 Å². The number of hydrogen-bond acceptors (Lipinski definition) is 3. The minimum atomic E-state index is -0.116. The number of nitrogens with zero attached hydrogens (tertiary/aromatic N) is 1. The van der Waals surface area contributed by atoms with Crippen LogP contribution in [0.3, 0.4) is 0 Å². The number of carbonyl (C=O) groups excluding carboxylic acids is 2. The van der Waals surface area contributed by atoms with Gasteiger partial charge in [0.05, 0.1) is 6.26 Å². The normalized spacial score (nSPS) is 17.6. The summed E-state index contributed by atoms with van der Waals surface area (Å²) in [5.41, 5.74) is 0. The molecule has 1 saturated heterocycles. The summed E-state index contributed by atoms with van der Waals surface area (Å²) in [6.07, 6.45) is 3.29. The number of furan rings is 1. The third-order valence-corrected chi connectivity index (χ3v) is 2.56. The largest absolute Gasteiger partial charge is 0.459 e. The summed E-state index contributed by atoms with van der Waals surface area (Å²) in [5.74, 6) is 0.476.